The summed E-state index contributed by atoms with van der Waals surface area (Å²) in [5.74, 6) is -0.956. The van der Waals surface area contributed by atoms with Crippen molar-refractivity contribution in [3.8, 4) is 0 Å². The summed E-state index contributed by atoms with van der Waals surface area (Å²) in [6.45, 7) is 4.60. The van der Waals surface area contributed by atoms with E-state index >= 15 is 0 Å². The summed E-state index contributed by atoms with van der Waals surface area (Å²) >= 11 is 1.04. The number of nitrogen functional groups attached to an aromatic ring is 1. The molecule has 1 aromatic heterocycles. The van der Waals surface area contributed by atoms with Crippen LogP contribution in [0.2, 0.25) is 0 Å². The molecule has 2 N–H and O–H groups in total. The number of thiazole rings is 1. The van der Waals surface area contributed by atoms with Crippen LogP contribution < -0.4 is 5.73 Å². The fourth-order valence-corrected chi connectivity index (χ4v) is 4.51. The molecule has 0 aliphatic rings. The smallest absolute Gasteiger partial charge is 0.238 e. The van der Waals surface area contributed by atoms with E-state index in [1.807, 2.05) is 13.8 Å². The average molecular weight is 327 g/mol. The van der Waals surface area contributed by atoms with Crippen molar-refractivity contribution in [2.24, 2.45) is 0 Å². The third-order valence-corrected chi connectivity index (χ3v) is 6.16. The summed E-state index contributed by atoms with van der Waals surface area (Å²) in [6.07, 6.45) is 0. The van der Waals surface area contributed by atoms with E-state index in [0.29, 0.717) is 29.0 Å². The molecule has 0 atom stereocenters. The monoisotopic (exact) mass is 327 g/mol. The molecular weight excluding hydrogens is 310 g/mol. The van der Waals surface area contributed by atoms with E-state index in [1.165, 1.54) is 4.90 Å². The molecule has 114 valence electrons. The molecule has 21 heavy (non-hydrogen) atoms. The maximum Gasteiger partial charge on any atom is 0.238 e. The van der Waals surface area contributed by atoms with Crippen LogP contribution >= 0.6 is 11.3 Å². The first-order valence-electron chi connectivity index (χ1n) is 6.54. The normalized spacial score (nSPS) is 11.7. The van der Waals surface area contributed by atoms with Crippen LogP contribution in [0.4, 0.5) is 5.69 Å². The lowest BCUT2D eigenvalue weighted by atomic mass is 10.3. The van der Waals surface area contributed by atoms with E-state index in [0.717, 1.165) is 11.3 Å². The van der Waals surface area contributed by atoms with Gasteiger partial charge in [0, 0.05) is 18.8 Å². The summed E-state index contributed by atoms with van der Waals surface area (Å²) in [4.78, 5) is 17.5. The second-order valence-electron chi connectivity index (χ2n) is 4.53. The largest absolute Gasteiger partial charge is 0.399 e. The van der Waals surface area contributed by atoms with Gasteiger partial charge in [-0.2, -0.15) is 0 Å². The zero-order chi connectivity index (χ0) is 15.6. The number of hydrogen-bond acceptors (Lipinski definition) is 6. The van der Waals surface area contributed by atoms with Gasteiger partial charge in [-0.3, -0.25) is 4.79 Å². The Hall–Kier alpha value is -1.67. The van der Waals surface area contributed by atoms with Crippen molar-refractivity contribution in [2.75, 3.05) is 24.6 Å². The number of carbonyl (C=O) groups is 1. The molecule has 1 aromatic carbocycles. The molecule has 0 saturated heterocycles. The van der Waals surface area contributed by atoms with Gasteiger partial charge in [0.15, 0.2) is 0 Å². The lowest BCUT2D eigenvalue weighted by Crippen LogP contribution is -2.35. The second-order valence-corrected chi connectivity index (χ2v) is 7.73. The first-order valence-corrected chi connectivity index (χ1v) is 9.01. The zero-order valence-electron chi connectivity index (χ0n) is 11.9. The summed E-state index contributed by atoms with van der Waals surface area (Å²) in [6, 6.07) is 5.02. The second kappa shape index (κ2) is 5.98. The summed E-state index contributed by atoms with van der Waals surface area (Å²) in [5, 5.41) is 0. The molecule has 2 rings (SSSR count). The van der Waals surface area contributed by atoms with Gasteiger partial charge < -0.3 is 10.6 Å². The summed E-state index contributed by atoms with van der Waals surface area (Å²) < 4.78 is 25.3. The van der Waals surface area contributed by atoms with Gasteiger partial charge in [-0.15, -0.1) is 11.3 Å². The Morgan fingerprint density at radius 3 is 2.62 bits per heavy atom. The first kappa shape index (κ1) is 15.7. The van der Waals surface area contributed by atoms with Crippen LogP contribution in [-0.4, -0.2) is 43.1 Å². The number of carbonyl (C=O) groups excluding carboxylic acids is 1. The topological polar surface area (TPSA) is 93.4 Å². The Kier molecular flexibility index (Phi) is 4.48. The van der Waals surface area contributed by atoms with Crippen molar-refractivity contribution in [2.45, 2.75) is 18.2 Å². The van der Waals surface area contributed by atoms with Crippen LogP contribution in [0.25, 0.3) is 10.2 Å². The van der Waals surface area contributed by atoms with Crippen molar-refractivity contribution in [1.82, 2.24) is 9.88 Å². The lowest BCUT2D eigenvalue weighted by Gasteiger charge is -2.17. The van der Waals surface area contributed by atoms with Crippen LogP contribution in [0.15, 0.2) is 22.5 Å². The average Bonchev–Trinajstić information content (AvgIpc) is 2.83. The number of hydrogen-bond donors (Lipinski definition) is 1. The number of rotatable bonds is 5. The molecule has 1 heterocycles. The number of benzene rings is 1. The number of aromatic nitrogens is 1. The quantitative estimate of drug-likeness (QED) is 0.840. The molecule has 0 radical (unpaired) electrons. The fourth-order valence-electron chi connectivity index (χ4n) is 1.94. The molecule has 1 amide bonds. The van der Waals surface area contributed by atoms with Gasteiger partial charge in [0.05, 0.1) is 10.2 Å². The Morgan fingerprint density at radius 1 is 1.33 bits per heavy atom. The molecule has 0 aliphatic carbocycles. The van der Waals surface area contributed by atoms with Crippen molar-refractivity contribution < 1.29 is 13.2 Å². The fraction of sp³-hybridized carbons (Fsp3) is 0.385. The zero-order valence-corrected chi connectivity index (χ0v) is 13.5. The number of fused-ring (bicyclic) bond motifs is 1. The highest BCUT2D eigenvalue weighted by molar-refractivity contribution is 7.94. The predicted molar refractivity (Wildman–Crippen MR) is 84.0 cm³/mol. The number of sulfone groups is 1. The molecular formula is C13H17N3O3S2. The molecule has 6 nitrogen and oxygen atoms in total. The number of anilines is 1. The van der Waals surface area contributed by atoms with Crippen molar-refractivity contribution in [3.05, 3.63) is 18.2 Å². The van der Waals surface area contributed by atoms with Crippen LogP contribution in [-0.2, 0) is 14.6 Å². The molecule has 0 unspecified atom stereocenters. The Bertz CT molecular complexity index is 764. The molecule has 8 heteroatoms. The van der Waals surface area contributed by atoms with Gasteiger partial charge in [0.25, 0.3) is 0 Å². The summed E-state index contributed by atoms with van der Waals surface area (Å²) in [5.41, 5.74) is 6.79. The lowest BCUT2D eigenvalue weighted by molar-refractivity contribution is -0.128. The minimum atomic E-state index is -3.72. The third kappa shape index (κ3) is 3.33. The Balaban J connectivity index is 2.31. The Morgan fingerprint density at radius 2 is 2.00 bits per heavy atom. The highest BCUT2D eigenvalue weighted by Crippen LogP contribution is 2.27. The first-order chi connectivity index (χ1) is 9.87. The third-order valence-electron chi connectivity index (χ3n) is 3.09. The highest BCUT2D eigenvalue weighted by Gasteiger charge is 2.25. The molecule has 0 saturated carbocycles. The van der Waals surface area contributed by atoms with E-state index in [2.05, 4.69) is 4.98 Å². The number of nitrogens with two attached hydrogens (primary N) is 1. The van der Waals surface area contributed by atoms with E-state index in [4.69, 9.17) is 5.73 Å². The van der Waals surface area contributed by atoms with Gasteiger partial charge >= 0.3 is 0 Å². The standard InChI is InChI=1S/C13H17N3O3S2/c1-3-16(4-2)12(17)8-21(18,19)13-15-10-6-5-9(14)7-11(10)20-13/h5-7H,3-4,8,14H2,1-2H3. The van der Waals surface area contributed by atoms with Crippen LogP contribution in [0.3, 0.4) is 0 Å². The van der Waals surface area contributed by atoms with Crippen molar-refractivity contribution in [3.63, 3.8) is 0 Å². The van der Waals surface area contributed by atoms with Gasteiger partial charge in [-0.25, -0.2) is 13.4 Å². The van der Waals surface area contributed by atoms with Gasteiger partial charge in [0.1, 0.15) is 5.75 Å². The molecule has 0 bridgehead atoms. The number of nitrogens with zero attached hydrogens (tertiary/aromatic N) is 2. The van der Waals surface area contributed by atoms with E-state index < -0.39 is 21.5 Å². The molecule has 0 fully saturated rings. The van der Waals surface area contributed by atoms with Gasteiger partial charge in [-0.1, -0.05) is 0 Å². The van der Waals surface area contributed by atoms with Crippen LogP contribution in [0, 0.1) is 0 Å². The van der Waals surface area contributed by atoms with Crippen LogP contribution in [0.5, 0.6) is 0 Å². The van der Waals surface area contributed by atoms with Crippen molar-refractivity contribution >= 4 is 43.0 Å². The summed E-state index contributed by atoms with van der Waals surface area (Å²) in [7, 11) is -3.72. The molecule has 0 aliphatic heterocycles. The highest BCUT2D eigenvalue weighted by atomic mass is 32.2. The minimum Gasteiger partial charge on any atom is -0.399 e. The van der Waals surface area contributed by atoms with Crippen LogP contribution in [0.1, 0.15) is 13.8 Å². The number of amides is 1. The predicted octanol–water partition coefficient (Wildman–Crippen LogP) is 1.52. The van der Waals surface area contributed by atoms with Crippen molar-refractivity contribution in [1.29, 1.82) is 0 Å². The molecule has 2 aromatic rings. The maximum absolute atomic E-state index is 12.3. The van der Waals surface area contributed by atoms with E-state index in [1.54, 1.807) is 18.2 Å². The SMILES string of the molecule is CCN(CC)C(=O)CS(=O)(=O)c1nc2ccc(N)cc2s1. The van der Waals surface area contributed by atoms with E-state index in [-0.39, 0.29) is 4.34 Å². The Labute approximate surface area is 127 Å². The minimum absolute atomic E-state index is 0.0383. The van der Waals surface area contributed by atoms with Gasteiger partial charge in [0.2, 0.25) is 20.1 Å². The maximum atomic E-state index is 12.3. The van der Waals surface area contributed by atoms with Gasteiger partial charge in [-0.05, 0) is 32.0 Å². The molecule has 0 spiro atoms. The van der Waals surface area contributed by atoms with E-state index in [9.17, 15) is 13.2 Å².